The van der Waals surface area contributed by atoms with Crippen LogP contribution in [-0.4, -0.2) is 104 Å². The molecular formula is C39H47N11O4. The number of aryl methyl sites for hydroxylation is 1. The van der Waals surface area contributed by atoms with Gasteiger partial charge in [-0.05, 0) is 69.4 Å². The molecule has 0 aromatic carbocycles. The minimum atomic E-state index is -0.394. The van der Waals surface area contributed by atoms with Crippen molar-refractivity contribution in [3.63, 3.8) is 0 Å². The van der Waals surface area contributed by atoms with Crippen LogP contribution >= 0.6 is 0 Å². The summed E-state index contributed by atoms with van der Waals surface area (Å²) in [6.45, 7) is 10.3. The Bertz CT molecular complexity index is 2100. The van der Waals surface area contributed by atoms with Gasteiger partial charge in [-0.15, -0.1) is 0 Å². The number of ketones is 1. The maximum absolute atomic E-state index is 13.6. The number of aromatic nitrogens is 5. The number of imide groups is 1. The summed E-state index contributed by atoms with van der Waals surface area (Å²) in [5, 5.41) is 6.31. The van der Waals surface area contributed by atoms with Gasteiger partial charge >= 0.3 is 6.03 Å². The van der Waals surface area contributed by atoms with Crippen molar-refractivity contribution in [1.82, 2.24) is 39.6 Å². The van der Waals surface area contributed by atoms with Gasteiger partial charge in [0.1, 0.15) is 11.5 Å². The summed E-state index contributed by atoms with van der Waals surface area (Å²) in [5.41, 5.74) is 3.90. The molecular weight excluding hydrogens is 687 g/mol. The molecule has 0 radical (unpaired) electrons. The number of carbonyl (C=O) groups is 3. The van der Waals surface area contributed by atoms with Gasteiger partial charge in [-0.2, -0.15) is 4.98 Å². The molecule has 3 amide bonds. The fourth-order valence-electron chi connectivity index (χ4n) is 8.56. The van der Waals surface area contributed by atoms with Crippen molar-refractivity contribution in [2.45, 2.75) is 77.4 Å². The second-order valence-electron chi connectivity index (χ2n) is 14.9. The number of piperazine rings is 1. The van der Waals surface area contributed by atoms with Crippen molar-refractivity contribution < 1.29 is 14.4 Å². The number of hydrogen-bond donors (Lipinski definition) is 2. The third-order valence-corrected chi connectivity index (χ3v) is 11.6. The van der Waals surface area contributed by atoms with Gasteiger partial charge in [0.15, 0.2) is 5.78 Å². The van der Waals surface area contributed by atoms with Crippen LogP contribution in [-0.2, 0) is 11.3 Å². The molecule has 15 nitrogen and oxygen atoms in total. The number of anilines is 4. The number of carbonyl (C=O) groups excluding carboxylic acids is 3. The molecule has 0 unspecified atom stereocenters. The number of nitrogens with zero attached hydrogens (tertiary/aromatic N) is 9. The maximum Gasteiger partial charge on any atom is 0.328 e. The minimum Gasteiger partial charge on any atom is -0.370 e. The van der Waals surface area contributed by atoms with Gasteiger partial charge in [-0.25, -0.2) is 14.8 Å². The van der Waals surface area contributed by atoms with Crippen LogP contribution in [0.15, 0.2) is 47.7 Å². The highest BCUT2D eigenvalue weighted by atomic mass is 16.2. The molecule has 7 heterocycles. The van der Waals surface area contributed by atoms with Crippen LogP contribution in [0.3, 0.4) is 0 Å². The average Bonchev–Trinajstić information content (AvgIpc) is 3.71. The summed E-state index contributed by atoms with van der Waals surface area (Å²) < 4.78 is 1.73. The average molecular weight is 734 g/mol. The third kappa shape index (κ3) is 7.29. The minimum absolute atomic E-state index is 0.0221. The Morgan fingerprint density at radius 2 is 1.57 bits per heavy atom. The Balaban J connectivity index is 0.835. The molecule has 282 valence electrons. The Hall–Kier alpha value is -5.28. The molecule has 4 fully saturated rings. The van der Waals surface area contributed by atoms with E-state index < -0.39 is 6.03 Å². The lowest BCUT2D eigenvalue weighted by Gasteiger charge is -2.43. The number of pyridine rings is 3. The van der Waals surface area contributed by atoms with Crippen LogP contribution in [0.25, 0.3) is 11.0 Å². The van der Waals surface area contributed by atoms with E-state index >= 15 is 0 Å². The number of fused-ring (bicyclic) bond motifs is 1. The molecule has 4 aromatic rings. The number of hydrogen-bond acceptors (Lipinski definition) is 12. The molecule has 0 atom stereocenters. The summed E-state index contributed by atoms with van der Waals surface area (Å²) in [6, 6.07) is 8.08. The second-order valence-corrected chi connectivity index (χ2v) is 14.9. The van der Waals surface area contributed by atoms with Crippen LogP contribution in [0.1, 0.15) is 79.5 Å². The van der Waals surface area contributed by atoms with Crippen LogP contribution < -0.4 is 26.0 Å². The van der Waals surface area contributed by atoms with E-state index in [0.29, 0.717) is 47.7 Å². The number of nitrogens with one attached hydrogen (secondary N) is 2. The van der Waals surface area contributed by atoms with Gasteiger partial charge in [0, 0.05) is 82.4 Å². The summed E-state index contributed by atoms with van der Waals surface area (Å²) in [5.74, 6) is 0.509. The highest BCUT2D eigenvalue weighted by molar-refractivity contribution is 6.05. The number of amides is 3. The van der Waals surface area contributed by atoms with Gasteiger partial charge < -0.3 is 10.2 Å². The highest BCUT2D eigenvalue weighted by Crippen LogP contribution is 2.32. The normalized spacial score (nSPS) is 19.4. The lowest BCUT2D eigenvalue weighted by Crippen LogP contribution is -2.53. The Labute approximate surface area is 313 Å². The maximum atomic E-state index is 13.6. The fourth-order valence-corrected chi connectivity index (χ4v) is 8.56. The zero-order valence-electron chi connectivity index (χ0n) is 31.0. The first kappa shape index (κ1) is 35.7. The fraction of sp³-hybridized carbons (Fsp3) is 0.487. The van der Waals surface area contributed by atoms with Crippen molar-refractivity contribution in [3.8, 4) is 0 Å². The highest BCUT2D eigenvalue weighted by Gasteiger charge is 2.29. The first-order valence-electron chi connectivity index (χ1n) is 19.2. The van der Waals surface area contributed by atoms with Crippen molar-refractivity contribution in [3.05, 3.63) is 70.0 Å². The summed E-state index contributed by atoms with van der Waals surface area (Å²) in [6.07, 6.45) is 11.7. The lowest BCUT2D eigenvalue weighted by molar-refractivity contribution is -0.120. The monoisotopic (exact) mass is 733 g/mol. The molecule has 1 saturated carbocycles. The Morgan fingerprint density at radius 1 is 0.833 bits per heavy atom. The molecule has 0 spiro atoms. The molecule has 4 aromatic heterocycles. The van der Waals surface area contributed by atoms with Gasteiger partial charge in [0.2, 0.25) is 11.9 Å². The van der Waals surface area contributed by atoms with E-state index in [-0.39, 0.29) is 28.9 Å². The van der Waals surface area contributed by atoms with Crippen molar-refractivity contribution >= 4 is 51.9 Å². The van der Waals surface area contributed by atoms with Crippen molar-refractivity contribution in [2.24, 2.45) is 0 Å². The van der Waals surface area contributed by atoms with Crippen LogP contribution in [0.4, 0.5) is 27.9 Å². The molecule has 8 rings (SSSR count). The van der Waals surface area contributed by atoms with Crippen molar-refractivity contribution in [1.29, 1.82) is 0 Å². The smallest absolute Gasteiger partial charge is 0.328 e. The van der Waals surface area contributed by atoms with Crippen LogP contribution in [0.2, 0.25) is 0 Å². The Morgan fingerprint density at radius 3 is 2.24 bits per heavy atom. The zero-order valence-corrected chi connectivity index (χ0v) is 31.0. The van der Waals surface area contributed by atoms with E-state index in [9.17, 15) is 19.2 Å². The molecule has 15 heteroatoms. The molecule has 4 aliphatic rings. The molecule has 3 aliphatic heterocycles. The molecule has 2 N–H and O–H groups in total. The van der Waals surface area contributed by atoms with Crippen LogP contribution in [0.5, 0.6) is 0 Å². The predicted octanol–water partition coefficient (Wildman–Crippen LogP) is 4.18. The summed E-state index contributed by atoms with van der Waals surface area (Å²) >= 11 is 0. The number of Topliss-reactive ketones (excluding diaryl/α,β-unsaturated/α-hetero) is 1. The molecule has 3 saturated heterocycles. The van der Waals surface area contributed by atoms with E-state index in [2.05, 4.69) is 46.4 Å². The Kier molecular flexibility index (Phi) is 10.1. The number of piperidine rings is 1. The summed E-state index contributed by atoms with van der Waals surface area (Å²) in [4.78, 5) is 77.3. The largest absolute Gasteiger partial charge is 0.370 e. The van der Waals surface area contributed by atoms with E-state index in [1.54, 1.807) is 28.8 Å². The first-order valence-corrected chi connectivity index (χ1v) is 19.2. The number of urea groups is 1. The molecule has 54 heavy (non-hydrogen) atoms. The van der Waals surface area contributed by atoms with E-state index in [0.717, 1.165) is 101 Å². The van der Waals surface area contributed by atoms with Gasteiger partial charge in [-0.3, -0.25) is 44.0 Å². The van der Waals surface area contributed by atoms with E-state index in [1.165, 1.54) is 6.92 Å². The number of rotatable bonds is 9. The predicted molar refractivity (Wildman–Crippen MR) is 205 cm³/mol. The van der Waals surface area contributed by atoms with Gasteiger partial charge in [-0.1, -0.05) is 12.8 Å². The van der Waals surface area contributed by atoms with E-state index in [4.69, 9.17) is 4.98 Å². The summed E-state index contributed by atoms with van der Waals surface area (Å²) in [7, 11) is 0. The molecule has 1 aliphatic carbocycles. The lowest BCUT2D eigenvalue weighted by atomic mass is 10.0. The van der Waals surface area contributed by atoms with Gasteiger partial charge in [0.25, 0.3) is 5.56 Å². The third-order valence-electron chi connectivity index (χ3n) is 11.6. The van der Waals surface area contributed by atoms with Crippen LogP contribution in [0, 0.1) is 6.92 Å². The zero-order chi connectivity index (χ0) is 37.3. The molecule has 0 bridgehead atoms. The van der Waals surface area contributed by atoms with Gasteiger partial charge in [0.05, 0.1) is 35.0 Å². The quantitative estimate of drug-likeness (QED) is 0.237. The standard InChI is InChI=1S/C39H47N11O4/c1-25-32-23-42-38(45-36(32)50(29-5-3-4-6-29)37(53)35(25)26(2)51)43-33-10-9-30(21-41-33)47-14-11-28(12-15-47)48-19-17-46(18-20-48)24-27-7-8-31(22-40-27)49-16-13-34(52)44-39(49)54/h7-10,21-23,28-29H,3-6,11-20,24H2,1-2H3,(H,44,52,54)(H,41,42,43,45). The SMILES string of the molecule is CC(=O)c1c(C)c2cnc(Nc3ccc(N4CCC(N5CCN(Cc6ccc(N7CCC(=O)NC7=O)cn6)CC5)CC4)cn3)nc2n(C2CCCC2)c1=O. The van der Waals surface area contributed by atoms with Crippen molar-refractivity contribution in [2.75, 3.05) is 60.9 Å². The second kappa shape index (κ2) is 15.2. The van der Waals surface area contributed by atoms with E-state index in [1.807, 2.05) is 24.4 Å². The topological polar surface area (TPSA) is 162 Å². The first-order chi connectivity index (χ1) is 26.2.